The number of halogens is 4. The number of rotatable bonds is 4. The van der Waals surface area contributed by atoms with Gasteiger partial charge in [0.2, 0.25) is 5.82 Å². The van der Waals surface area contributed by atoms with Crippen LogP contribution in [0.3, 0.4) is 0 Å². The van der Waals surface area contributed by atoms with Crippen LogP contribution < -0.4 is 0 Å². The monoisotopic (exact) mass is 447 g/mol. The topological polar surface area (TPSA) is 76.3 Å². The molecule has 0 bridgehead atoms. The third-order valence-corrected chi connectivity index (χ3v) is 5.24. The van der Waals surface area contributed by atoms with E-state index in [9.17, 15) is 27.2 Å². The van der Waals surface area contributed by atoms with Gasteiger partial charge in [-0.05, 0) is 49.2 Å². The van der Waals surface area contributed by atoms with E-state index in [0.717, 1.165) is 0 Å². The summed E-state index contributed by atoms with van der Waals surface area (Å²) >= 11 is 0. The van der Waals surface area contributed by atoms with E-state index in [-0.39, 0.29) is 35.2 Å². The zero-order valence-corrected chi connectivity index (χ0v) is 16.6. The Bertz CT molecular complexity index is 1140. The molecule has 1 aliphatic rings. The van der Waals surface area contributed by atoms with Crippen LogP contribution in [-0.2, 0) is 6.18 Å². The number of aromatic nitrogens is 2. The van der Waals surface area contributed by atoms with Crippen molar-refractivity contribution in [3.8, 4) is 11.4 Å². The highest BCUT2D eigenvalue weighted by Gasteiger charge is 2.38. The molecule has 6 nitrogen and oxygen atoms in total. The Hall–Kier alpha value is -3.56. The van der Waals surface area contributed by atoms with Crippen LogP contribution in [0.5, 0.6) is 0 Å². The summed E-state index contributed by atoms with van der Waals surface area (Å²) in [6.45, 7) is 0.635. The summed E-state index contributed by atoms with van der Waals surface area (Å²) in [6.07, 6.45) is -3.55. The molecule has 0 unspecified atom stereocenters. The standard InChI is InChI=1S/C22H17F4N3O3/c23-17-8-6-13(7-9-17)18(30)16-5-2-10-29(12-16)20(31)15-4-1-3-14(11-15)19-27-21(32-28-19)22(24,25)26/h1,3-4,6-9,11,16H,2,5,10,12H2/t16-/m0/s1. The summed E-state index contributed by atoms with van der Waals surface area (Å²) in [5.74, 6) is -3.14. The van der Waals surface area contributed by atoms with Crippen LogP contribution in [0.15, 0.2) is 53.1 Å². The Labute approximate surface area is 179 Å². The predicted octanol–water partition coefficient (Wildman–Crippen LogP) is 4.63. The van der Waals surface area contributed by atoms with Crippen LogP contribution in [0.4, 0.5) is 17.6 Å². The van der Waals surface area contributed by atoms with Crippen LogP contribution in [0.25, 0.3) is 11.4 Å². The lowest BCUT2D eigenvalue weighted by molar-refractivity contribution is -0.159. The van der Waals surface area contributed by atoms with Gasteiger partial charge < -0.3 is 9.42 Å². The highest BCUT2D eigenvalue weighted by molar-refractivity contribution is 5.99. The molecule has 2 heterocycles. The van der Waals surface area contributed by atoms with E-state index in [1.54, 1.807) is 0 Å². The molecule has 1 aromatic heterocycles. The van der Waals surface area contributed by atoms with Gasteiger partial charge in [0.15, 0.2) is 5.78 Å². The number of carbonyl (C=O) groups excluding carboxylic acids is 2. The van der Waals surface area contributed by atoms with E-state index in [2.05, 4.69) is 14.7 Å². The van der Waals surface area contributed by atoms with Gasteiger partial charge in [-0.2, -0.15) is 18.2 Å². The molecule has 1 fully saturated rings. The number of amides is 1. The lowest BCUT2D eigenvalue weighted by Gasteiger charge is -2.32. The molecule has 0 N–H and O–H groups in total. The number of benzene rings is 2. The third kappa shape index (κ3) is 4.53. The summed E-state index contributed by atoms with van der Waals surface area (Å²) in [5.41, 5.74) is 0.812. The van der Waals surface area contributed by atoms with E-state index >= 15 is 0 Å². The number of carbonyl (C=O) groups is 2. The maximum atomic E-state index is 13.1. The quantitative estimate of drug-likeness (QED) is 0.431. The van der Waals surface area contributed by atoms with Crippen LogP contribution in [0.1, 0.15) is 39.4 Å². The van der Waals surface area contributed by atoms with Gasteiger partial charge in [0.25, 0.3) is 5.91 Å². The fraction of sp³-hybridized carbons (Fsp3) is 0.273. The molecular formula is C22H17F4N3O3. The minimum atomic E-state index is -4.77. The maximum absolute atomic E-state index is 13.1. The van der Waals surface area contributed by atoms with Crippen molar-refractivity contribution in [1.82, 2.24) is 15.0 Å². The molecule has 1 saturated heterocycles. The number of piperidine rings is 1. The molecular weight excluding hydrogens is 430 g/mol. The maximum Gasteiger partial charge on any atom is 0.471 e. The normalized spacial score (nSPS) is 16.8. The van der Waals surface area contributed by atoms with E-state index in [0.29, 0.717) is 24.9 Å². The van der Waals surface area contributed by atoms with Gasteiger partial charge in [-0.15, -0.1) is 0 Å². The van der Waals surface area contributed by atoms with Crippen molar-refractivity contribution in [1.29, 1.82) is 0 Å². The lowest BCUT2D eigenvalue weighted by atomic mass is 9.89. The van der Waals surface area contributed by atoms with E-state index < -0.39 is 23.8 Å². The Kier molecular flexibility index (Phi) is 5.77. The molecule has 0 spiro atoms. The number of alkyl halides is 3. The molecule has 1 atom stereocenters. The second kappa shape index (κ2) is 8.52. The first-order valence-corrected chi connectivity index (χ1v) is 9.83. The molecule has 0 radical (unpaired) electrons. The summed E-state index contributed by atoms with van der Waals surface area (Å²) in [4.78, 5) is 30.7. The Balaban J connectivity index is 1.50. The average Bonchev–Trinajstić information content (AvgIpc) is 3.30. The zero-order valence-electron chi connectivity index (χ0n) is 16.6. The molecule has 1 aliphatic heterocycles. The molecule has 4 rings (SSSR count). The van der Waals surface area contributed by atoms with E-state index in [1.165, 1.54) is 53.4 Å². The summed E-state index contributed by atoms with van der Waals surface area (Å²) < 4.78 is 55.5. The second-order valence-corrected chi connectivity index (χ2v) is 7.46. The molecule has 0 saturated carbocycles. The molecule has 3 aromatic rings. The second-order valence-electron chi connectivity index (χ2n) is 7.46. The van der Waals surface area contributed by atoms with Gasteiger partial charge in [-0.3, -0.25) is 9.59 Å². The first kappa shape index (κ1) is 21.7. The van der Waals surface area contributed by atoms with Crippen molar-refractivity contribution in [2.45, 2.75) is 19.0 Å². The fourth-order valence-corrected chi connectivity index (χ4v) is 3.66. The van der Waals surface area contributed by atoms with Gasteiger partial charge >= 0.3 is 12.1 Å². The molecule has 1 amide bonds. The third-order valence-electron chi connectivity index (χ3n) is 5.24. The number of nitrogens with zero attached hydrogens (tertiary/aromatic N) is 3. The average molecular weight is 447 g/mol. The molecule has 166 valence electrons. The first-order valence-electron chi connectivity index (χ1n) is 9.83. The minimum absolute atomic E-state index is 0.164. The van der Waals surface area contributed by atoms with Gasteiger partial charge in [0.1, 0.15) is 5.82 Å². The van der Waals surface area contributed by atoms with Gasteiger partial charge in [-0.25, -0.2) is 4.39 Å². The molecule has 0 aliphatic carbocycles. The summed E-state index contributed by atoms with van der Waals surface area (Å²) in [5, 5.41) is 3.34. The number of hydrogen-bond donors (Lipinski definition) is 0. The highest BCUT2D eigenvalue weighted by atomic mass is 19.4. The number of likely N-dealkylation sites (tertiary alicyclic amines) is 1. The summed E-state index contributed by atoms with van der Waals surface area (Å²) in [6, 6.07) is 11.2. The smallest absolute Gasteiger partial charge is 0.338 e. The number of ketones is 1. The van der Waals surface area contributed by atoms with Crippen LogP contribution in [0, 0.1) is 11.7 Å². The van der Waals surface area contributed by atoms with E-state index in [1.807, 2.05) is 0 Å². The van der Waals surface area contributed by atoms with Crippen molar-refractivity contribution in [2.24, 2.45) is 5.92 Å². The SMILES string of the molecule is O=C(c1ccc(F)cc1)[C@H]1CCCN(C(=O)c2cccc(-c3noc(C(F)(F)F)n3)c2)C1. The number of Topliss-reactive ketones (excluding diaryl/α,β-unsaturated/α-hetero) is 1. The van der Waals surface area contributed by atoms with Crippen LogP contribution in [0.2, 0.25) is 0 Å². The predicted molar refractivity (Wildman–Crippen MR) is 104 cm³/mol. The van der Waals surface area contributed by atoms with Crippen molar-refractivity contribution < 1.29 is 31.7 Å². The minimum Gasteiger partial charge on any atom is -0.338 e. The molecule has 2 aromatic carbocycles. The van der Waals surface area contributed by atoms with Gasteiger partial charge in [0.05, 0.1) is 0 Å². The molecule has 32 heavy (non-hydrogen) atoms. The van der Waals surface area contributed by atoms with Crippen LogP contribution in [-0.4, -0.2) is 39.8 Å². The van der Waals surface area contributed by atoms with Crippen molar-refractivity contribution in [3.63, 3.8) is 0 Å². The Morgan fingerprint density at radius 1 is 1.06 bits per heavy atom. The lowest BCUT2D eigenvalue weighted by Crippen LogP contribution is -2.42. The Morgan fingerprint density at radius 2 is 1.81 bits per heavy atom. The molecule has 10 heteroatoms. The van der Waals surface area contributed by atoms with Crippen LogP contribution >= 0.6 is 0 Å². The van der Waals surface area contributed by atoms with Crippen molar-refractivity contribution in [2.75, 3.05) is 13.1 Å². The summed E-state index contributed by atoms with van der Waals surface area (Å²) in [7, 11) is 0. The highest BCUT2D eigenvalue weighted by Crippen LogP contribution is 2.30. The largest absolute Gasteiger partial charge is 0.471 e. The number of hydrogen-bond acceptors (Lipinski definition) is 5. The van der Waals surface area contributed by atoms with Gasteiger partial charge in [-0.1, -0.05) is 17.3 Å². The fourth-order valence-electron chi connectivity index (χ4n) is 3.66. The Morgan fingerprint density at radius 3 is 2.50 bits per heavy atom. The van der Waals surface area contributed by atoms with Crippen molar-refractivity contribution >= 4 is 11.7 Å². The van der Waals surface area contributed by atoms with Gasteiger partial charge in [0, 0.05) is 35.7 Å². The van der Waals surface area contributed by atoms with E-state index in [4.69, 9.17) is 0 Å². The zero-order chi connectivity index (χ0) is 22.9. The van der Waals surface area contributed by atoms with Crippen molar-refractivity contribution in [3.05, 3.63) is 71.4 Å². The first-order chi connectivity index (χ1) is 15.2.